The van der Waals surface area contributed by atoms with Crippen LogP contribution >= 0.6 is 0 Å². The Labute approximate surface area is 140 Å². The van der Waals surface area contributed by atoms with Gasteiger partial charge < -0.3 is 15.4 Å². The fourth-order valence-electron chi connectivity index (χ4n) is 2.45. The molecule has 0 aliphatic rings. The fourth-order valence-corrected chi connectivity index (χ4v) is 2.45. The third-order valence-electron chi connectivity index (χ3n) is 3.75. The van der Waals surface area contributed by atoms with E-state index in [4.69, 9.17) is 4.74 Å². The third kappa shape index (κ3) is 5.85. The number of benzene rings is 2. The normalized spacial score (nSPS) is 10.4. The predicted molar refractivity (Wildman–Crippen MR) is 99.7 cm³/mol. The van der Waals surface area contributed by atoms with E-state index in [1.807, 2.05) is 12.1 Å². The van der Waals surface area contributed by atoms with Crippen LogP contribution in [0, 0.1) is 13.8 Å². The van der Waals surface area contributed by atoms with Crippen LogP contribution in [0.3, 0.4) is 0 Å². The quantitative estimate of drug-likeness (QED) is 0.639. The minimum atomic E-state index is 0.786. The molecule has 2 rings (SSSR count). The molecule has 0 spiro atoms. The Bertz CT molecular complexity index is 610. The summed E-state index contributed by atoms with van der Waals surface area (Å²) >= 11 is 0. The van der Waals surface area contributed by atoms with Gasteiger partial charge in [0.25, 0.3) is 0 Å². The molecule has 2 N–H and O–H groups in total. The Morgan fingerprint density at radius 1 is 0.957 bits per heavy atom. The zero-order valence-corrected chi connectivity index (χ0v) is 14.5. The second-order valence-corrected chi connectivity index (χ2v) is 5.90. The molecule has 124 valence electrons. The molecule has 0 radical (unpaired) electrons. The van der Waals surface area contributed by atoms with Crippen LogP contribution in [0.25, 0.3) is 0 Å². The minimum absolute atomic E-state index is 0.786. The first-order valence-electron chi connectivity index (χ1n) is 8.47. The van der Waals surface area contributed by atoms with Crippen LogP contribution in [0.2, 0.25) is 0 Å². The first-order chi connectivity index (χ1) is 11.2. The summed E-state index contributed by atoms with van der Waals surface area (Å²) in [6.07, 6.45) is 2.25. The third-order valence-corrected chi connectivity index (χ3v) is 3.75. The molecular formula is C20H28N2O. The predicted octanol–water partition coefficient (Wildman–Crippen LogP) is 5.01. The summed E-state index contributed by atoms with van der Waals surface area (Å²) in [5, 5.41) is 6.91. The SMILES string of the molecule is CCCCOc1cccc(NCCNc2ccc(C)cc2C)c1. The lowest BCUT2D eigenvalue weighted by molar-refractivity contribution is 0.309. The molecule has 3 nitrogen and oxygen atoms in total. The van der Waals surface area contributed by atoms with Gasteiger partial charge in [-0.1, -0.05) is 37.1 Å². The minimum Gasteiger partial charge on any atom is -0.494 e. The summed E-state index contributed by atoms with van der Waals surface area (Å²) in [4.78, 5) is 0. The molecule has 0 aliphatic heterocycles. The Hall–Kier alpha value is -2.16. The van der Waals surface area contributed by atoms with Crippen LogP contribution in [0.15, 0.2) is 42.5 Å². The standard InChI is InChI=1S/C20H28N2O/c1-4-5-13-23-19-8-6-7-18(15-19)21-11-12-22-20-10-9-16(2)14-17(20)3/h6-10,14-15,21-22H,4-5,11-13H2,1-3H3. The molecule has 0 bridgehead atoms. The average molecular weight is 312 g/mol. The van der Waals surface area contributed by atoms with Crippen molar-refractivity contribution in [1.82, 2.24) is 0 Å². The molecule has 23 heavy (non-hydrogen) atoms. The lowest BCUT2D eigenvalue weighted by Gasteiger charge is -2.12. The van der Waals surface area contributed by atoms with Gasteiger partial charge in [-0.05, 0) is 44.0 Å². The largest absolute Gasteiger partial charge is 0.494 e. The molecule has 2 aromatic carbocycles. The van der Waals surface area contributed by atoms with E-state index in [-0.39, 0.29) is 0 Å². The van der Waals surface area contributed by atoms with Gasteiger partial charge in [-0.2, -0.15) is 0 Å². The van der Waals surface area contributed by atoms with Crippen LogP contribution in [-0.2, 0) is 0 Å². The fraction of sp³-hybridized carbons (Fsp3) is 0.400. The molecule has 0 aromatic heterocycles. The van der Waals surface area contributed by atoms with Crippen LogP contribution in [0.5, 0.6) is 5.75 Å². The molecule has 2 aromatic rings. The molecular weight excluding hydrogens is 284 g/mol. The number of rotatable bonds is 9. The maximum atomic E-state index is 5.73. The molecule has 0 heterocycles. The number of unbranched alkanes of at least 4 members (excludes halogenated alkanes) is 1. The van der Waals surface area contributed by atoms with Gasteiger partial charge in [0, 0.05) is 30.5 Å². The molecule has 0 unspecified atom stereocenters. The Balaban J connectivity index is 1.76. The first kappa shape index (κ1) is 17.2. The van der Waals surface area contributed by atoms with Gasteiger partial charge in [0.1, 0.15) is 5.75 Å². The molecule has 0 atom stereocenters. The Morgan fingerprint density at radius 2 is 1.78 bits per heavy atom. The molecule has 0 aliphatic carbocycles. The maximum Gasteiger partial charge on any atom is 0.121 e. The number of hydrogen-bond donors (Lipinski definition) is 2. The van der Waals surface area contributed by atoms with Gasteiger partial charge in [-0.25, -0.2) is 0 Å². The summed E-state index contributed by atoms with van der Waals surface area (Å²) in [6, 6.07) is 14.7. The first-order valence-corrected chi connectivity index (χ1v) is 8.47. The van der Waals surface area contributed by atoms with Crippen molar-refractivity contribution < 1.29 is 4.74 Å². The molecule has 0 amide bonds. The van der Waals surface area contributed by atoms with Crippen molar-refractivity contribution in [3.63, 3.8) is 0 Å². The number of hydrogen-bond acceptors (Lipinski definition) is 3. The van der Waals surface area contributed by atoms with E-state index < -0.39 is 0 Å². The highest BCUT2D eigenvalue weighted by Crippen LogP contribution is 2.18. The summed E-state index contributed by atoms with van der Waals surface area (Å²) in [5.41, 5.74) is 4.89. The molecule has 0 saturated heterocycles. The molecule has 0 fully saturated rings. The van der Waals surface area contributed by atoms with Gasteiger partial charge in [-0.15, -0.1) is 0 Å². The van der Waals surface area contributed by atoms with E-state index >= 15 is 0 Å². The summed E-state index contributed by atoms with van der Waals surface area (Å²) < 4.78 is 5.73. The number of ether oxygens (including phenoxy) is 1. The van der Waals surface area contributed by atoms with Crippen molar-refractivity contribution in [2.45, 2.75) is 33.6 Å². The summed E-state index contributed by atoms with van der Waals surface area (Å²) in [7, 11) is 0. The summed E-state index contributed by atoms with van der Waals surface area (Å²) in [5.74, 6) is 0.936. The number of anilines is 2. The van der Waals surface area contributed by atoms with Crippen LogP contribution < -0.4 is 15.4 Å². The van der Waals surface area contributed by atoms with E-state index in [0.29, 0.717) is 0 Å². The number of nitrogens with one attached hydrogen (secondary N) is 2. The highest BCUT2D eigenvalue weighted by atomic mass is 16.5. The van der Waals surface area contributed by atoms with Crippen molar-refractivity contribution >= 4 is 11.4 Å². The second kappa shape index (κ2) is 9.09. The van der Waals surface area contributed by atoms with E-state index in [1.165, 1.54) is 16.8 Å². The van der Waals surface area contributed by atoms with Crippen LogP contribution in [-0.4, -0.2) is 19.7 Å². The van der Waals surface area contributed by atoms with Gasteiger partial charge >= 0.3 is 0 Å². The molecule has 3 heteroatoms. The van der Waals surface area contributed by atoms with Gasteiger partial charge in [0.2, 0.25) is 0 Å². The zero-order valence-electron chi connectivity index (χ0n) is 14.5. The second-order valence-electron chi connectivity index (χ2n) is 5.90. The smallest absolute Gasteiger partial charge is 0.121 e. The highest BCUT2D eigenvalue weighted by molar-refractivity contribution is 5.52. The van der Waals surface area contributed by atoms with Crippen LogP contribution in [0.1, 0.15) is 30.9 Å². The lowest BCUT2D eigenvalue weighted by atomic mass is 10.1. The van der Waals surface area contributed by atoms with Crippen molar-refractivity contribution in [2.75, 3.05) is 30.3 Å². The highest BCUT2D eigenvalue weighted by Gasteiger charge is 1.99. The zero-order chi connectivity index (χ0) is 16.5. The van der Waals surface area contributed by atoms with Gasteiger partial charge in [0.15, 0.2) is 0 Å². The maximum absolute atomic E-state index is 5.73. The van der Waals surface area contributed by atoms with Crippen molar-refractivity contribution in [3.05, 3.63) is 53.6 Å². The Kier molecular flexibility index (Phi) is 6.79. The van der Waals surface area contributed by atoms with Crippen molar-refractivity contribution in [2.24, 2.45) is 0 Å². The van der Waals surface area contributed by atoms with Gasteiger partial charge in [-0.3, -0.25) is 0 Å². The lowest BCUT2D eigenvalue weighted by Crippen LogP contribution is -2.14. The van der Waals surface area contributed by atoms with E-state index in [1.54, 1.807) is 0 Å². The summed E-state index contributed by atoms with van der Waals surface area (Å²) in [6.45, 7) is 8.96. The Morgan fingerprint density at radius 3 is 2.57 bits per heavy atom. The van der Waals surface area contributed by atoms with E-state index in [2.05, 4.69) is 61.7 Å². The van der Waals surface area contributed by atoms with E-state index in [0.717, 1.165) is 44.0 Å². The molecule has 0 saturated carbocycles. The number of aryl methyl sites for hydroxylation is 2. The van der Waals surface area contributed by atoms with Crippen LogP contribution in [0.4, 0.5) is 11.4 Å². The average Bonchev–Trinajstić information content (AvgIpc) is 2.54. The topological polar surface area (TPSA) is 33.3 Å². The van der Waals surface area contributed by atoms with Crippen molar-refractivity contribution in [1.29, 1.82) is 0 Å². The van der Waals surface area contributed by atoms with Gasteiger partial charge in [0.05, 0.1) is 6.61 Å². The van der Waals surface area contributed by atoms with E-state index in [9.17, 15) is 0 Å². The monoisotopic (exact) mass is 312 g/mol. The van der Waals surface area contributed by atoms with Crippen molar-refractivity contribution in [3.8, 4) is 5.75 Å².